The molecular formula is C23H25ClN2O5. The van der Waals surface area contributed by atoms with E-state index in [4.69, 9.17) is 25.8 Å². The molecule has 31 heavy (non-hydrogen) atoms. The zero-order chi connectivity index (χ0) is 22.5. The second-order valence-corrected chi connectivity index (χ2v) is 7.58. The lowest BCUT2D eigenvalue weighted by molar-refractivity contribution is -0.137. The third kappa shape index (κ3) is 5.00. The van der Waals surface area contributed by atoms with Gasteiger partial charge in [0.1, 0.15) is 17.2 Å². The van der Waals surface area contributed by atoms with Crippen LogP contribution in [0, 0.1) is 0 Å². The van der Waals surface area contributed by atoms with Crippen LogP contribution >= 0.6 is 11.6 Å². The van der Waals surface area contributed by atoms with Gasteiger partial charge in [-0.15, -0.1) is 0 Å². The van der Waals surface area contributed by atoms with Gasteiger partial charge in [-0.3, -0.25) is 14.5 Å². The number of benzene rings is 2. The summed E-state index contributed by atoms with van der Waals surface area (Å²) in [6.45, 7) is 4.27. The summed E-state index contributed by atoms with van der Waals surface area (Å²) in [7, 11) is 3.04. The summed E-state index contributed by atoms with van der Waals surface area (Å²) in [6.07, 6.45) is 0.0290. The van der Waals surface area contributed by atoms with E-state index < -0.39 is 5.91 Å². The van der Waals surface area contributed by atoms with Crippen molar-refractivity contribution >= 4 is 34.7 Å². The lowest BCUT2D eigenvalue weighted by atomic mass is 10.0. The highest BCUT2D eigenvalue weighted by Gasteiger charge is 2.39. The highest BCUT2D eigenvalue weighted by Crippen LogP contribution is 2.33. The quantitative estimate of drug-likeness (QED) is 0.589. The maximum atomic E-state index is 13.1. The zero-order valence-corrected chi connectivity index (χ0v) is 18.7. The van der Waals surface area contributed by atoms with Crippen LogP contribution in [0.1, 0.15) is 19.4 Å². The molecule has 7 nitrogen and oxygen atoms in total. The Morgan fingerprint density at radius 1 is 1.03 bits per heavy atom. The number of imide groups is 1. The van der Waals surface area contributed by atoms with Gasteiger partial charge in [-0.2, -0.15) is 0 Å². The minimum atomic E-state index is -0.425. The molecule has 1 aliphatic heterocycles. The van der Waals surface area contributed by atoms with Crippen LogP contribution < -0.4 is 14.8 Å². The average Bonchev–Trinajstić information content (AvgIpc) is 2.96. The van der Waals surface area contributed by atoms with Gasteiger partial charge >= 0.3 is 0 Å². The first-order valence-corrected chi connectivity index (χ1v) is 10.2. The summed E-state index contributed by atoms with van der Waals surface area (Å²) >= 11 is 6.22. The molecule has 0 saturated heterocycles. The molecule has 0 aliphatic carbocycles. The van der Waals surface area contributed by atoms with Crippen LogP contribution in [0.4, 0.5) is 5.69 Å². The second-order valence-electron chi connectivity index (χ2n) is 7.17. The minimum Gasteiger partial charge on any atom is -0.495 e. The van der Waals surface area contributed by atoms with Gasteiger partial charge in [0, 0.05) is 12.8 Å². The van der Waals surface area contributed by atoms with Gasteiger partial charge in [0.25, 0.3) is 11.8 Å². The molecule has 0 fully saturated rings. The van der Waals surface area contributed by atoms with E-state index in [0.717, 1.165) is 0 Å². The number of amides is 2. The Morgan fingerprint density at radius 2 is 1.74 bits per heavy atom. The molecule has 1 heterocycles. The number of nitrogens with one attached hydrogen (secondary N) is 1. The third-order valence-corrected chi connectivity index (χ3v) is 4.92. The molecule has 0 spiro atoms. The van der Waals surface area contributed by atoms with E-state index in [9.17, 15) is 9.59 Å². The van der Waals surface area contributed by atoms with Gasteiger partial charge < -0.3 is 19.5 Å². The van der Waals surface area contributed by atoms with Crippen molar-refractivity contribution in [2.75, 3.05) is 32.7 Å². The number of hydrogen-bond donors (Lipinski definition) is 1. The Labute approximate surface area is 186 Å². The van der Waals surface area contributed by atoms with Crippen LogP contribution in [0.3, 0.4) is 0 Å². The Hall–Kier alpha value is -3.03. The van der Waals surface area contributed by atoms with Crippen LogP contribution in [-0.2, 0) is 14.3 Å². The molecule has 0 unspecified atom stereocenters. The molecule has 2 amide bonds. The summed E-state index contributed by atoms with van der Waals surface area (Å²) < 4.78 is 15.9. The molecule has 3 rings (SSSR count). The fraction of sp³-hybridized carbons (Fsp3) is 0.304. The molecule has 2 aromatic carbocycles. The number of methoxy groups -OCH3 is 2. The summed E-state index contributed by atoms with van der Waals surface area (Å²) in [4.78, 5) is 27.4. The van der Waals surface area contributed by atoms with Crippen molar-refractivity contribution in [3.63, 3.8) is 0 Å². The number of anilines is 1. The molecule has 1 N–H and O–H groups in total. The number of carbonyl (C=O) groups excluding carboxylic acids is 2. The van der Waals surface area contributed by atoms with Gasteiger partial charge in [-0.1, -0.05) is 23.7 Å². The zero-order valence-electron chi connectivity index (χ0n) is 17.9. The summed E-state index contributed by atoms with van der Waals surface area (Å²) in [6, 6.07) is 12.1. The van der Waals surface area contributed by atoms with Crippen molar-refractivity contribution in [3.05, 3.63) is 58.7 Å². The molecule has 1 aliphatic rings. The van der Waals surface area contributed by atoms with E-state index in [-0.39, 0.29) is 36.4 Å². The number of carbonyl (C=O) groups is 2. The van der Waals surface area contributed by atoms with Gasteiger partial charge in [0.2, 0.25) is 0 Å². The number of rotatable bonds is 9. The largest absolute Gasteiger partial charge is 0.495 e. The standard InChI is InChI=1S/C23H25ClN2O5/c1-14(2)31-17-8-5-15(6-9-17)20-21(23(28)26(22(20)27)11-12-29-3)25-16-7-10-19(30-4)18(24)13-16/h5-10,13-14,25H,11-12H2,1-4H3. The Kier molecular flexibility index (Phi) is 7.20. The molecular weight excluding hydrogens is 420 g/mol. The van der Waals surface area contributed by atoms with Crippen molar-refractivity contribution in [2.24, 2.45) is 0 Å². The normalized spacial score (nSPS) is 13.9. The Balaban J connectivity index is 1.99. The van der Waals surface area contributed by atoms with Crippen molar-refractivity contribution in [1.29, 1.82) is 0 Å². The highest BCUT2D eigenvalue weighted by molar-refractivity contribution is 6.36. The second kappa shape index (κ2) is 9.85. The van der Waals surface area contributed by atoms with Gasteiger partial charge in [-0.05, 0) is 49.7 Å². The average molecular weight is 445 g/mol. The molecule has 0 bridgehead atoms. The maximum absolute atomic E-state index is 13.1. The first kappa shape index (κ1) is 22.7. The van der Waals surface area contributed by atoms with E-state index in [1.165, 1.54) is 19.1 Å². The molecule has 0 aromatic heterocycles. The first-order valence-electron chi connectivity index (χ1n) is 9.82. The molecule has 2 aromatic rings. The van der Waals surface area contributed by atoms with Gasteiger partial charge in [0.05, 0.1) is 37.0 Å². The maximum Gasteiger partial charge on any atom is 0.278 e. The van der Waals surface area contributed by atoms with E-state index in [0.29, 0.717) is 27.8 Å². The summed E-state index contributed by atoms with van der Waals surface area (Å²) in [5.74, 6) is 0.384. The van der Waals surface area contributed by atoms with Crippen molar-refractivity contribution in [2.45, 2.75) is 20.0 Å². The fourth-order valence-electron chi connectivity index (χ4n) is 3.21. The molecule has 0 atom stereocenters. The van der Waals surface area contributed by atoms with Crippen molar-refractivity contribution in [3.8, 4) is 11.5 Å². The van der Waals surface area contributed by atoms with E-state index in [2.05, 4.69) is 5.32 Å². The summed E-state index contributed by atoms with van der Waals surface area (Å²) in [5, 5.41) is 3.46. The van der Waals surface area contributed by atoms with Gasteiger partial charge in [-0.25, -0.2) is 0 Å². The predicted octanol–water partition coefficient (Wildman–Crippen LogP) is 3.97. The van der Waals surface area contributed by atoms with Crippen LogP contribution in [0.15, 0.2) is 48.2 Å². The monoisotopic (exact) mass is 444 g/mol. The van der Waals surface area contributed by atoms with Crippen molar-refractivity contribution in [1.82, 2.24) is 4.90 Å². The minimum absolute atomic E-state index is 0.0290. The molecule has 164 valence electrons. The van der Waals surface area contributed by atoms with E-state index >= 15 is 0 Å². The fourth-order valence-corrected chi connectivity index (χ4v) is 3.46. The Bertz CT molecular complexity index is 1000. The van der Waals surface area contributed by atoms with Gasteiger partial charge in [0.15, 0.2) is 0 Å². The number of hydrogen-bond acceptors (Lipinski definition) is 6. The topological polar surface area (TPSA) is 77.1 Å². The van der Waals surface area contributed by atoms with Crippen LogP contribution in [0.25, 0.3) is 5.57 Å². The molecule has 8 heteroatoms. The number of halogens is 1. The predicted molar refractivity (Wildman–Crippen MR) is 119 cm³/mol. The lowest BCUT2D eigenvalue weighted by Crippen LogP contribution is -2.35. The SMILES string of the molecule is COCCN1C(=O)C(Nc2ccc(OC)c(Cl)c2)=C(c2ccc(OC(C)C)cc2)C1=O. The van der Waals surface area contributed by atoms with E-state index in [1.807, 2.05) is 13.8 Å². The van der Waals surface area contributed by atoms with Crippen LogP contribution in [0.5, 0.6) is 11.5 Å². The van der Waals surface area contributed by atoms with Crippen LogP contribution in [-0.4, -0.2) is 50.2 Å². The van der Waals surface area contributed by atoms with Crippen LogP contribution in [0.2, 0.25) is 5.02 Å². The van der Waals surface area contributed by atoms with Crippen molar-refractivity contribution < 1.29 is 23.8 Å². The van der Waals surface area contributed by atoms with E-state index in [1.54, 1.807) is 42.5 Å². The smallest absolute Gasteiger partial charge is 0.278 e. The number of nitrogens with zero attached hydrogens (tertiary/aromatic N) is 1. The first-order chi connectivity index (χ1) is 14.8. The number of ether oxygens (including phenoxy) is 3. The molecule has 0 saturated carbocycles. The lowest BCUT2D eigenvalue weighted by Gasteiger charge is -2.14. The third-order valence-electron chi connectivity index (χ3n) is 4.62. The summed E-state index contributed by atoms with van der Waals surface area (Å²) in [5.41, 5.74) is 1.63. The highest BCUT2D eigenvalue weighted by atomic mass is 35.5. The Morgan fingerprint density at radius 3 is 2.32 bits per heavy atom. The molecule has 0 radical (unpaired) electrons.